The van der Waals surface area contributed by atoms with E-state index in [-0.39, 0.29) is 0 Å². The molecule has 0 fully saturated rings. The summed E-state index contributed by atoms with van der Waals surface area (Å²) in [6.07, 6.45) is -6.68. The van der Waals surface area contributed by atoms with Crippen molar-refractivity contribution in [2.75, 3.05) is 6.61 Å². The lowest BCUT2D eigenvalue weighted by Gasteiger charge is -2.31. The average molecular weight is 243 g/mol. The van der Waals surface area contributed by atoms with Crippen LogP contribution in [0, 0.1) is 0 Å². The molecule has 0 radical (unpaired) electrons. The molecule has 90 valence electrons. The lowest BCUT2D eigenvalue weighted by Crippen LogP contribution is -2.49. The normalized spacial score (nSPS) is 18.2. The number of phosphoric acid groups is 1. The number of carbonyl (C=O) groups is 1. The van der Waals surface area contributed by atoms with Crippen LogP contribution >= 0.6 is 7.82 Å². The summed E-state index contributed by atoms with van der Waals surface area (Å²) >= 11 is 0. The van der Waals surface area contributed by atoms with Gasteiger partial charge in [0, 0.05) is 0 Å². The topological polar surface area (TPSA) is 173 Å². The highest BCUT2D eigenvalue weighted by Gasteiger charge is 2.25. The second kappa shape index (κ2) is 5.52. The second-order valence-electron chi connectivity index (χ2n) is 2.56. The van der Waals surface area contributed by atoms with Crippen molar-refractivity contribution in [1.82, 2.24) is 0 Å². The van der Waals surface area contributed by atoms with Gasteiger partial charge in [0.2, 0.25) is 0 Å². The minimum absolute atomic E-state index is 1.16. The molecule has 3 N–H and O–H groups in total. The van der Waals surface area contributed by atoms with Crippen molar-refractivity contribution in [3.63, 3.8) is 0 Å². The molecule has 0 aliphatic rings. The van der Waals surface area contributed by atoms with Gasteiger partial charge in [-0.1, -0.05) is 0 Å². The molecule has 0 unspecified atom stereocenters. The summed E-state index contributed by atoms with van der Waals surface area (Å²) in [6.45, 7) is -1.16. The van der Waals surface area contributed by atoms with E-state index in [9.17, 15) is 24.3 Å². The Labute approximate surface area is 83.8 Å². The number of carbonyl (C=O) groups excluding carboxylic acids is 1. The molecule has 0 amide bonds. The van der Waals surface area contributed by atoms with Gasteiger partial charge >= 0.3 is 0 Å². The predicted molar refractivity (Wildman–Crippen MR) is 36.6 cm³/mol. The number of hydrogen-bond acceptors (Lipinski definition) is 9. The van der Waals surface area contributed by atoms with Crippen molar-refractivity contribution < 1.29 is 44.1 Å². The molecule has 0 aromatic heterocycles. The molecular weight excluding hydrogens is 235 g/mol. The molecule has 0 spiro atoms. The SMILES string of the molecule is O=C([O-])[C@H](O)[C@@H](O)[C@H](O)COP(=O)([O-])[O-]. The minimum atomic E-state index is -5.33. The smallest absolute Gasteiger partial charge is 0.122 e. The Kier molecular flexibility index (Phi) is 5.32. The van der Waals surface area contributed by atoms with Crippen molar-refractivity contribution in [3.05, 3.63) is 0 Å². The first kappa shape index (κ1) is 14.5. The van der Waals surface area contributed by atoms with E-state index in [2.05, 4.69) is 4.52 Å². The van der Waals surface area contributed by atoms with Crippen LogP contribution in [-0.4, -0.2) is 46.2 Å². The van der Waals surface area contributed by atoms with Crippen LogP contribution in [0.1, 0.15) is 0 Å². The van der Waals surface area contributed by atoms with Crippen LogP contribution in [0.2, 0.25) is 0 Å². The molecule has 0 saturated heterocycles. The average Bonchev–Trinajstić information content (AvgIpc) is 2.10. The van der Waals surface area contributed by atoms with Gasteiger partial charge in [0.25, 0.3) is 0 Å². The summed E-state index contributed by atoms with van der Waals surface area (Å²) in [6, 6.07) is 0. The molecule has 0 saturated carbocycles. The summed E-state index contributed by atoms with van der Waals surface area (Å²) in [5.41, 5.74) is 0. The Morgan fingerprint density at radius 1 is 1.33 bits per heavy atom. The van der Waals surface area contributed by atoms with E-state index < -0.39 is 38.7 Å². The van der Waals surface area contributed by atoms with E-state index in [1.54, 1.807) is 0 Å². The third-order valence-corrected chi connectivity index (χ3v) is 1.83. The van der Waals surface area contributed by atoms with Gasteiger partial charge in [-0.15, -0.1) is 0 Å². The van der Waals surface area contributed by atoms with Gasteiger partial charge in [0.1, 0.15) is 18.3 Å². The highest BCUT2D eigenvalue weighted by Crippen LogP contribution is 2.24. The Morgan fingerprint density at radius 3 is 2.13 bits per heavy atom. The van der Waals surface area contributed by atoms with Gasteiger partial charge in [-0.3, -0.25) is 0 Å². The van der Waals surface area contributed by atoms with Crippen LogP contribution < -0.4 is 14.9 Å². The zero-order valence-corrected chi connectivity index (χ0v) is 8.07. The zero-order chi connectivity index (χ0) is 12.2. The molecule has 15 heavy (non-hydrogen) atoms. The summed E-state index contributed by atoms with van der Waals surface area (Å²) < 4.78 is 13.5. The summed E-state index contributed by atoms with van der Waals surface area (Å²) in [7, 11) is -5.33. The van der Waals surface area contributed by atoms with Gasteiger partial charge < -0.3 is 44.1 Å². The lowest BCUT2D eigenvalue weighted by atomic mass is 10.1. The van der Waals surface area contributed by atoms with Crippen LogP contribution in [0.4, 0.5) is 0 Å². The number of rotatable bonds is 6. The van der Waals surface area contributed by atoms with Crippen LogP contribution in [0.3, 0.4) is 0 Å². The van der Waals surface area contributed by atoms with Crippen molar-refractivity contribution in [3.8, 4) is 0 Å². The molecule has 0 heterocycles. The number of phosphoric ester groups is 1. The number of aliphatic hydroxyl groups excluding tert-OH is 3. The maximum absolute atomic E-state index is 10.00. The summed E-state index contributed by atoms with van der Waals surface area (Å²) in [5.74, 6) is -2.06. The van der Waals surface area contributed by atoms with Gasteiger partial charge in [-0.2, -0.15) is 0 Å². The fourth-order valence-electron chi connectivity index (χ4n) is 0.616. The largest absolute Gasteiger partial charge is 0.790 e. The Bertz CT molecular complexity index is 259. The van der Waals surface area contributed by atoms with Gasteiger partial charge in [0.05, 0.1) is 20.4 Å². The highest BCUT2D eigenvalue weighted by atomic mass is 31.2. The molecule has 0 aliphatic carbocycles. The van der Waals surface area contributed by atoms with Gasteiger partial charge in [0.15, 0.2) is 0 Å². The molecule has 0 aromatic rings. The van der Waals surface area contributed by atoms with Crippen LogP contribution in [0.15, 0.2) is 0 Å². The number of aliphatic carboxylic acids is 1. The number of carboxylic acid groups (broad SMARTS) is 1. The van der Waals surface area contributed by atoms with Crippen molar-refractivity contribution >= 4 is 13.8 Å². The molecule has 0 rings (SSSR count). The predicted octanol–water partition coefficient (Wildman–Crippen LogP) is -5.34. The first-order valence-corrected chi connectivity index (χ1v) is 5.03. The van der Waals surface area contributed by atoms with E-state index in [1.165, 1.54) is 0 Å². The lowest BCUT2D eigenvalue weighted by molar-refractivity contribution is -0.343. The molecule has 0 aromatic carbocycles. The summed E-state index contributed by atoms with van der Waals surface area (Å²) in [5, 5.41) is 36.4. The monoisotopic (exact) mass is 243 g/mol. The van der Waals surface area contributed by atoms with Crippen LogP contribution in [0.5, 0.6) is 0 Å². The third-order valence-electron chi connectivity index (χ3n) is 1.36. The maximum Gasteiger partial charge on any atom is 0.122 e. The first-order chi connectivity index (χ1) is 6.65. The van der Waals surface area contributed by atoms with E-state index in [0.717, 1.165) is 0 Å². The standard InChI is InChI=1S/C5H11O9P/c6-2(1-14-15(11,12)13)3(7)4(8)5(9)10/h2-4,6-8H,1H2,(H,9,10)(H2,11,12,13)/p-3/t2-,3+,4-/m1/s1. The molecule has 0 bridgehead atoms. The number of carboxylic acids is 1. The molecule has 3 atom stereocenters. The van der Waals surface area contributed by atoms with E-state index in [1.807, 2.05) is 0 Å². The zero-order valence-electron chi connectivity index (χ0n) is 7.18. The van der Waals surface area contributed by atoms with Crippen molar-refractivity contribution in [1.29, 1.82) is 0 Å². The van der Waals surface area contributed by atoms with Gasteiger partial charge in [-0.05, 0) is 0 Å². The Hall–Kier alpha value is -0.540. The number of hydrogen-bond donors (Lipinski definition) is 3. The van der Waals surface area contributed by atoms with E-state index >= 15 is 0 Å². The van der Waals surface area contributed by atoms with E-state index in [4.69, 9.17) is 15.3 Å². The maximum atomic E-state index is 10.00. The number of aliphatic hydroxyl groups is 3. The second-order valence-corrected chi connectivity index (χ2v) is 3.72. The first-order valence-electron chi connectivity index (χ1n) is 3.57. The summed E-state index contributed by atoms with van der Waals surface area (Å²) in [4.78, 5) is 29.9. The third kappa shape index (κ3) is 5.80. The fourth-order valence-corrected chi connectivity index (χ4v) is 0.951. The van der Waals surface area contributed by atoms with Crippen LogP contribution in [0.25, 0.3) is 0 Å². The van der Waals surface area contributed by atoms with Crippen LogP contribution in [-0.2, 0) is 13.9 Å². The quantitative estimate of drug-likeness (QED) is 0.384. The van der Waals surface area contributed by atoms with Crippen molar-refractivity contribution in [2.45, 2.75) is 18.3 Å². The minimum Gasteiger partial charge on any atom is -0.790 e. The molecule has 0 aliphatic heterocycles. The molecular formula is C5H8O9P-3. The van der Waals surface area contributed by atoms with E-state index in [0.29, 0.717) is 0 Å². The molecule has 9 nitrogen and oxygen atoms in total. The fraction of sp³-hybridized carbons (Fsp3) is 0.800. The Balaban J connectivity index is 4.16. The molecule has 10 heteroatoms. The highest BCUT2D eigenvalue weighted by molar-refractivity contribution is 7.43. The van der Waals surface area contributed by atoms with Crippen molar-refractivity contribution in [2.24, 2.45) is 0 Å². The Morgan fingerprint density at radius 2 is 1.80 bits per heavy atom. The van der Waals surface area contributed by atoms with Gasteiger partial charge in [-0.25, -0.2) is 0 Å².